The van der Waals surface area contributed by atoms with Crippen LogP contribution < -0.4 is 14.2 Å². The second-order valence-electron chi connectivity index (χ2n) is 4.14. The molecular formula is C13H16N2O5S. The summed E-state index contributed by atoms with van der Waals surface area (Å²) >= 11 is 0. The van der Waals surface area contributed by atoms with E-state index in [0.717, 1.165) is 0 Å². The third-order valence-corrected chi connectivity index (χ3v) is 4.30. The molecule has 1 aromatic carbocycles. The predicted molar refractivity (Wildman–Crippen MR) is 74.9 cm³/mol. The summed E-state index contributed by atoms with van der Waals surface area (Å²) < 4.78 is 42.1. The fourth-order valence-corrected chi connectivity index (χ4v) is 2.96. The van der Waals surface area contributed by atoms with Crippen LogP contribution in [0.3, 0.4) is 0 Å². The molecule has 1 heterocycles. The summed E-state index contributed by atoms with van der Waals surface area (Å²) in [5, 5.41) is 0. The first-order valence-corrected chi connectivity index (χ1v) is 7.64. The lowest BCUT2D eigenvalue weighted by Gasteiger charge is -2.11. The van der Waals surface area contributed by atoms with E-state index in [0.29, 0.717) is 17.9 Å². The molecule has 2 aromatic rings. The molecule has 0 spiro atoms. The lowest BCUT2D eigenvalue weighted by Crippen LogP contribution is -2.26. The van der Waals surface area contributed by atoms with Crippen LogP contribution in [0, 0.1) is 0 Å². The van der Waals surface area contributed by atoms with Crippen molar-refractivity contribution in [2.75, 3.05) is 20.8 Å². The number of hydrogen-bond acceptors (Lipinski definition) is 6. The SMILES string of the molecule is COc1ccc(OC)c(S(=O)(=O)NCCc2cocn2)c1. The Balaban J connectivity index is 2.14. The third-order valence-electron chi connectivity index (χ3n) is 2.82. The van der Waals surface area contributed by atoms with Crippen LogP contribution in [0.1, 0.15) is 5.69 Å². The van der Waals surface area contributed by atoms with Crippen LogP contribution in [0.5, 0.6) is 11.5 Å². The highest BCUT2D eigenvalue weighted by Gasteiger charge is 2.20. The summed E-state index contributed by atoms with van der Waals surface area (Å²) in [6.07, 6.45) is 3.21. The van der Waals surface area contributed by atoms with Gasteiger partial charge in [-0.05, 0) is 12.1 Å². The molecule has 2 rings (SSSR count). The van der Waals surface area contributed by atoms with Crippen molar-refractivity contribution in [1.82, 2.24) is 9.71 Å². The second kappa shape index (κ2) is 6.59. The normalized spacial score (nSPS) is 11.3. The Bertz CT molecular complexity index is 683. The van der Waals surface area contributed by atoms with Crippen LogP contribution in [-0.2, 0) is 16.4 Å². The number of ether oxygens (including phenoxy) is 2. The summed E-state index contributed by atoms with van der Waals surface area (Å²) in [7, 11) is -0.821. The average molecular weight is 312 g/mol. The first-order chi connectivity index (χ1) is 10.1. The van der Waals surface area contributed by atoms with Gasteiger partial charge >= 0.3 is 0 Å². The fourth-order valence-electron chi connectivity index (χ4n) is 1.75. The van der Waals surface area contributed by atoms with Crippen molar-refractivity contribution in [3.63, 3.8) is 0 Å². The van der Waals surface area contributed by atoms with E-state index in [9.17, 15) is 8.42 Å². The molecule has 0 radical (unpaired) electrons. The number of aromatic nitrogens is 1. The van der Waals surface area contributed by atoms with Gasteiger partial charge in [-0.1, -0.05) is 0 Å². The van der Waals surface area contributed by atoms with Crippen molar-refractivity contribution in [2.24, 2.45) is 0 Å². The number of benzene rings is 1. The minimum absolute atomic E-state index is 0.0319. The molecule has 1 N–H and O–H groups in total. The maximum Gasteiger partial charge on any atom is 0.244 e. The van der Waals surface area contributed by atoms with Crippen LogP contribution in [0.25, 0.3) is 0 Å². The van der Waals surface area contributed by atoms with Crippen molar-refractivity contribution < 1.29 is 22.3 Å². The summed E-state index contributed by atoms with van der Waals surface area (Å²) in [4.78, 5) is 3.96. The van der Waals surface area contributed by atoms with E-state index in [1.807, 2.05) is 0 Å². The highest BCUT2D eigenvalue weighted by atomic mass is 32.2. The molecule has 114 valence electrons. The smallest absolute Gasteiger partial charge is 0.244 e. The zero-order valence-corrected chi connectivity index (χ0v) is 12.5. The Morgan fingerprint density at radius 3 is 2.71 bits per heavy atom. The van der Waals surface area contributed by atoms with E-state index in [2.05, 4.69) is 9.71 Å². The fraction of sp³-hybridized carbons (Fsp3) is 0.308. The van der Waals surface area contributed by atoms with Crippen molar-refractivity contribution in [1.29, 1.82) is 0 Å². The molecule has 0 aliphatic heterocycles. The highest BCUT2D eigenvalue weighted by Crippen LogP contribution is 2.27. The summed E-state index contributed by atoms with van der Waals surface area (Å²) in [6, 6.07) is 4.59. The van der Waals surface area contributed by atoms with Crippen molar-refractivity contribution in [2.45, 2.75) is 11.3 Å². The molecule has 0 fully saturated rings. The summed E-state index contributed by atoms with van der Waals surface area (Å²) in [5.74, 6) is 0.692. The molecule has 1 aromatic heterocycles. The molecule has 0 saturated heterocycles. The number of nitrogens with one attached hydrogen (secondary N) is 1. The van der Waals surface area contributed by atoms with E-state index in [-0.39, 0.29) is 17.2 Å². The zero-order chi connectivity index (χ0) is 15.3. The monoisotopic (exact) mass is 312 g/mol. The quantitative estimate of drug-likeness (QED) is 0.826. The first-order valence-electron chi connectivity index (χ1n) is 6.15. The molecule has 7 nitrogen and oxygen atoms in total. The van der Waals surface area contributed by atoms with Crippen molar-refractivity contribution in [3.05, 3.63) is 36.5 Å². The van der Waals surface area contributed by atoms with Crippen LogP contribution in [-0.4, -0.2) is 34.2 Å². The number of rotatable bonds is 7. The first kappa shape index (κ1) is 15.3. The Hall–Kier alpha value is -2.06. The zero-order valence-electron chi connectivity index (χ0n) is 11.7. The van der Waals surface area contributed by atoms with Crippen LogP contribution in [0.15, 0.2) is 40.2 Å². The molecule has 0 aliphatic rings. The Morgan fingerprint density at radius 1 is 1.29 bits per heavy atom. The van der Waals surface area contributed by atoms with E-state index < -0.39 is 10.0 Å². The second-order valence-corrected chi connectivity index (χ2v) is 5.88. The minimum Gasteiger partial charge on any atom is -0.497 e. The van der Waals surface area contributed by atoms with E-state index in [1.165, 1.54) is 32.9 Å². The Morgan fingerprint density at radius 2 is 2.10 bits per heavy atom. The molecule has 8 heteroatoms. The summed E-state index contributed by atoms with van der Waals surface area (Å²) in [5.41, 5.74) is 0.676. The Kier molecular flexibility index (Phi) is 4.81. The number of oxazole rings is 1. The van der Waals surface area contributed by atoms with Gasteiger partial charge in [0.1, 0.15) is 22.7 Å². The molecule has 21 heavy (non-hydrogen) atoms. The number of sulfonamides is 1. The molecule has 0 amide bonds. The van der Waals surface area contributed by atoms with Gasteiger partial charge in [0.05, 0.1) is 19.9 Å². The van der Waals surface area contributed by atoms with Gasteiger partial charge < -0.3 is 13.9 Å². The van der Waals surface area contributed by atoms with Crippen LogP contribution in [0.4, 0.5) is 0 Å². The predicted octanol–water partition coefficient (Wildman–Crippen LogP) is 1.21. The standard InChI is InChI=1S/C13H16N2O5S/c1-18-11-3-4-12(19-2)13(7-11)21(16,17)15-6-5-10-8-20-9-14-10/h3-4,7-9,15H,5-6H2,1-2H3. The molecule has 0 bridgehead atoms. The van der Waals surface area contributed by atoms with E-state index in [1.54, 1.807) is 12.1 Å². The van der Waals surface area contributed by atoms with Gasteiger partial charge in [0.25, 0.3) is 0 Å². The lowest BCUT2D eigenvalue weighted by molar-refractivity contribution is 0.392. The van der Waals surface area contributed by atoms with E-state index in [4.69, 9.17) is 13.9 Å². The molecule has 0 saturated carbocycles. The number of methoxy groups -OCH3 is 2. The van der Waals surface area contributed by atoms with Gasteiger partial charge in [0.2, 0.25) is 10.0 Å². The van der Waals surface area contributed by atoms with Crippen molar-refractivity contribution in [3.8, 4) is 11.5 Å². The van der Waals surface area contributed by atoms with Crippen LogP contribution >= 0.6 is 0 Å². The number of hydrogen-bond donors (Lipinski definition) is 1. The van der Waals surface area contributed by atoms with Gasteiger partial charge in [0, 0.05) is 19.0 Å². The van der Waals surface area contributed by atoms with Gasteiger partial charge in [-0.2, -0.15) is 0 Å². The maximum atomic E-state index is 12.3. The molecular weight excluding hydrogens is 296 g/mol. The van der Waals surface area contributed by atoms with Gasteiger partial charge in [-0.15, -0.1) is 0 Å². The van der Waals surface area contributed by atoms with Gasteiger partial charge in [0.15, 0.2) is 6.39 Å². The number of nitrogens with zero attached hydrogens (tertiary/aromatic N) is 1. The lowest BCUT2D eigenvalue weighted by atomic mass is 10.3. The summed E-state index contributed by atoms with van der Waals surface area (Å²) in [6.45, 7) is 0.204. The molecule has 0 unspecified atom stereocenters. The minimum atomic E-state index is -3.70. The Labute approximate surface area is 122 Å². The average Bonchev–Trinajstić information content (AvgIpc) is 2.99. The third kappa shape index (κ3) is 3.73. The van der Waals surface area contributed by atoms with Crippen LogP contribution in [0.2, 0.25) is 0 Å². The highest BCUT2D eigenvalue weighted by molar-refractivity contribution is 7.89. The maximum absolute atomic E-state index is 12.3. The van der Waals surface area contributed by atoms with Crippen molar-refractivity contribution >= 4 is 10.0 Å². The molecule has 0 atom stereocenters. The van der Waals surface area contributed by atoms with Gasteiger partial charge in [-0.25, -0.2) is 18.1 Å². The van der Waals surface area contributed by atoms with E-state index >= 15 is 0 Å². The van der Waals surface area contributed by atoms with Gasteiger partial charge in [-0.3, -0.25) is 0 Å². The molecule has 0 aliphatic carbocycles. The largest absolute Gasteiger partial charge is 0.497 e. The topological polar surface area (TPSA) is 90.7 Å².